The molecule has 0 spiro atoms. The third-order valence-corrected chi connectivity index (χ3v) is 7.05. The first-order chi connectivity index (χ1) is 19.9. The number of allylic oxidation sites excluding steroid dienone is 1. The Morgan fingerprint density at radius 2 is 1.40 bits per heavy atom. The highest BCUT2D eigenvalue weighted by molar-refractivity contribution is 6.07. The topological polar surface area (TPSA) is 114 Å². The van der Waals surface area contributed by atoms with Crippen LogP contribution in [0.3, 0.4) is 0 Å². The molecule has 4 rings (SSSR count). The van der Waals surface area contributed by atoms with Crippen molar-refractivity contribution < 1.29 is 29.4 Å². The van der Waals surface area contributed by atoms with E-state index in [1.54, 1.807) is 12.1 Å². The van der Waals surface area contributed by atoms with Gasteiger partial charge in [-0.3, -0.25) is 14.4 Å². The molecular weight excluding hydrogens is 530 g/mol. The zero-order chi connectivity index (χ0) is 31.0. The fourth-order valence-corrected chi connectivity index (χ4v) is 5.06. The number of carboxylic acid groups (broad SMARTS) is 2. The van der Waals surface area contributed by atoms with Crippen LogP contribution in [0.25, 0.3) is 10.9 Å². The Hall–Kier alpha value is -4.78. The molecule has 0 saturated heterocycles. The number of fused-ring (bicyclic) bond motifs is 1. The van der Waals surface area contributed by atoms with Gasteiger partial charge in [-0.25, -0.2) is 4.79 Å². The van der Waals surface area contributed by atoms with E-state index >= 15 is 0 Å². The van der Waals surface area contributed by atoms with Gasteiger partial charge in [-0.15, -0.1) is 0 Å². The summed E-state index contributed by atoms with van der Waals surface area (Å²) in [7, 11) is 0. The lowest BCUT2D eigenvalue weighted by atomic mass is 9.90. The number of aryl methyl sites for hydroxylation is 5. The Balaban J connectivity index is 0.000000274. The first-order valence-corrected chi connectivity index (χ1v) is 13.9. The summed E-state index contributed by atoms with van der Waals surface area (Å²) in [6.07, 6.45) is 4.74. The number of aliphatic carboxylic acids is 2. The van der Waals surface area contributed by atoms with Crippen molar-refractivity contribution in [1.82, 2.24) is 4.57 Å². The molecule has 0 aliphatic rings. The molecule has 0 fully saturated rings. The molecule has 1 atom stereocenters. The van der Waals surface area contributed by atoms with Gasteiger partial charge in [-0.1, -0.05) is 72.6 Å². The van der Waals surface area contributed by atoms with Crippen molar-refractivity contribution in [2.24, 2.45) is 0 Å². The fourth-order valence-electron chi connectivity index (χ4n) is 5.06. The third-order valence-electron chi connectivity index (χ3n) is 7.05. The van der Waals surface area contributed by atoms with E-state index in [9.17, 15) is 24.3 Å². The lowest BCUT2D eigenvalue weighted by molar-refractivity contribution is -0.138. The fraction of sp³-hybridized carbons (Fsp3) is 0.257. The number of hydrogen-bond acceptors (Lipinski definition) is 4. The summed E-state index contributed by atoms with van der Waals surface area (Å²) in [6.45, 7) is 10.5. The molecule has 1 heterocycles. The Morgan fingerprint density at radius 1 is 0.810 bits per heavy atom. The van der Waals surface area contributed by atoms with E-state index in [0.29, 0.717) is 16.7 Å². The molecule has 218 valence electrons. The molecule has 3 aromatic carbocycles. The molecule has 0 radical (unpaired) electrons. The summed E-state index contributed by atoms with van der Waals surface area (Å²) in [5, 5.41) is 19.2. The van der Waals surface area contributed by atoms with Crippen LogP contribution < -0.4 is 0 Å². The Morgan fingerprint density at radius 3 is 1.95 bits per heavy atom. The molecule has 1 aromatic heterocycles. The number of carbonyl (C=O) groups is 4. The summed E-state index contributed by atoms with van der Waals surface area (Å²) >= 11 is 0. The number of carboxylic acids is 2. The minimum Gasteiger partial charge on any atom is -0.481 e. The maximum absolute atomic E-state index is 12.9. The number of rotatable bonds is 10. The number of ketones is 2. The van der Waals surface area contributed by atoms with E-state index in [2.05, 4.69) is 11.5 Å². The molecule has 2 N–H and O–H groups in total. The molecule has 1 unspecified atom stereocenters. The number of para-hydroxylation sites is 1. The predicted octanol–water partition coefficient (Wildman–Crippen LogP) is 7.24. The Bertz CT molecular complexity index is 1660. The van der Waals surface area contributed by atoms with Gasteiger partial charge in [0.05, 0.1) is 5.92 Å². The summed E-state index contributed by atoms with van der Waals surface area (Å²) in [4.78, 5) is 46.7. The molecule has 7 heteroatoms. The van der Waals surface area contributed by atoms with Crippen LogP contribution in [0.1, 0.15) is 74.2 Å². The van der Waals surface area contributed by atoms with Gasteiger partial charge >= 0.3 is 11.9 Å². The van der Waals surface area contributed by atoms with Crippen LogP contribution in [0.2, 0.25) is 0 Å². The van der Waals surface area contributed by atoms with Gasteiger partial charge in [0.2, 0.25) is 0 Å². The largest absolute Gasteiger partial charge is 0.481 e. The molecule has 42 heavy (non-hydrogen) atoms. The molecule has 0 aliphatic carbocycles. The van der Waals surface area contributed by atoms with Gasteiger partial charge in [0.15, 0.2) is 11.6 Å². The monoisotopic (exact) mass is 567 g/mol. The molecule has 0 bridgehead atoms. The van der Waals surface area contributed by atoms with Gasteiger partial charge in [0.25, 0.3) is 0 Å². The highest BCUT2D eigenvalue weighted by Gasteiger charge is 2.28. The maximum Gasteiger partial charge on any atom is 0.328 e. The van der Waals surface area contributed by atoms with Crippen LogP contribution >= 0.6 is 0 Å². The highest BCUT2D eigenvalue weighted by Crippen LogP contribution is 2.32. The summed E-state index contributed by atoms with van der Waals surface area (Å²) in [5.74, 6) is -3.36. The van der Waals surface area contributed by atoms with E-state index in [0.717, 1.165) is 58.3 Å². The molecular formula is C35H37NO6. The van der Waals surface area contributed by atoms with E-state index < -0.39 is 17.9 Å². The Kier molecular flexibility index (Phi) is 10.7. The van der Waals surface area contributed by atoms with E-state index in [4.69, 9.17) is 5.11 Å². The lowest BCUT2D eigenvalue weighted by Crippen LogP contribution is -2.17. The van der Waals surface area contributed by atoms with Crippen LogP contribution in [-0.2, 0) is 16.1 Å². The highest BCUT2D eigenvalue weighted by atomic mass is 16.4. The van der Waals surface area contributed by atoms with Crippen molar-refractivity contribution in [2.75, 3.05) is 0 Å². The van der Waals surface area contributed by atoms with E-state index in [-0.39, 0.29) is 18.0 Å². The zero-order valence-corrected chi connectivity index (χ0v) is 24.7. The first kappa shape index (κ1) is 31.7. The van der Waals surface area contributed by atoms with Gasteiger partial charge < -0.3 is 14.8 Å². The van der Waals surface area contributed by atoms with Crippen LogP contribution in [0.4, 0.5) is 0 Å². The smallest absolute Gasteiger partial charge is 0.328 e. The van der Waals surface area contributed by atoms with Crippen LogP contribution in [-0.4, -0.2) is 38.3 Å². The molecule has 0 aliphatic heterocycles. The minimum atomic E-state index is -1.12. The van der Waals surface area contributed by atoms with E-state index in [1.165, 1.54) is 0 Å². The zero-order valence-electron chi connectivity index (χ0n) is 24.7. The number of carbonyl (C=O) groups excluding carboxylic acids is 2. The normalized spacial score (nSPS) is 11.6. The van der Waals surface area contributed by atoms with Crippen molar-refractivity contribution in [2.45, 2.75) is 59.9 Å². The van der Waals surface area contributed by atoms with Crippen molar-refractivity contribution >= 4 is 34.4 Å². The number of nitrogens with zero attached hydrogens (tertiary/aromatic N) is 1. The van der Waals surface area contributed by atoms with E-state index in [1.807, 2.05) is 82.4 Å². The molecule has 7 nitrogen and oxygen atoms in total. The Labute approximate surface area is 246 Å². The minimum absolute atomic E-state index is 0.0423. The second-order valence-electron chi connectivity index (χ2n) is 10.5. The average Bonchev–Trinajstić information content (AvgIpc) is 3.28. The second-order valence-corrected chi connectivity index (χ2v) is 10.5. The number of Topliss-reactive ketones (excluding diaryl/α,β-unsaturated/α-hetero) is 1. The summed E-state index contributed by atoms with van der Waals surface area (Å²) in [6, 6.07) is 18.9. The van der Waals surface area contributed by atoms with Gasteiger partial charge in [0, 0.05) is 47.3 Å². The van der Waals surface area contributed by atoms with Crippen molar-refractivity contribution in [3.05, 3.63) is 118 Å². The number of benzene rings is 3. The first-order valence-electron chi connectivity index (χ1n) is 13.9. The van der Waals surface area contributed by atoms with Gasteiger partial charge in [0.1, 0.15) is 0 Å². The standard InChI is InChI=1S/C23H25NO3.C12H12O3/c1-4-11-24-14-20(18-7-5-6-8-21(18)24)19(23(26)27)13-22(25)17-10-9-15(2)12-16(17)3;1-8-3-4-10(9(2)7-8)11(13)5-6-12(14)15/h5-10,12,14,19H,4,11,13H2,1-3H3,(H,26,27);3-7H,1-2H3,(H,14,15)/b;6-5+. The number of aromatic nitrogens is 1. The van der Waals surface area contributed by atoms with Crippen LogP contribution in [0, 0.1) is 27.7 Å². The van der Waals surface area contributed by atoms with Crippen LogP contribution in [0.15, 0.2) is 79.0 Å². The third kappa shape index (κ3) is 7.91. The summed E-state index contributed by atoms with van der Waals surface area (Å²) in [5.41, 5.74) is 6.77. The molecule has 0 saturated carbocycles. The second kappa shape index (κ2) is 14.2. The van der Waals surface area contributed by atoms with Crippen molar-refractivity contribution in [1.29, 1.82) is 0 Å². The molecule has 4 aromatic rings. The SMILES string of the molecule is CCCn1cc(C(CC(=O)c2ccc(C)cc2C)C(=O)O)c2ccccc21.Cc1ccc(C(=O)/C=C/C(=O)O)c(C)c1. The van der Waals surface area contributed by atoms with Crippen LogP contribution in [0.5, 0.6) is 0 Å². The summed E-state index contributed by atoms with van der Waals surface area (Å²) < 4.78 is 2.09. The predicted molar refractivity (Wildman–Crippen MR) is 164 cm³/mol. The maximum atomic E-state index is 12.9. The number of hydrogen-bond donors (Lipinski definition) is 2. The van der Waals surface area contributed by atoms with Gasteiger partial charge in [-0.05, 0) is 62.9 Å². The van der Waals surface area contributed by atoms with Crippen molar-refractivity contribution in [3.63, 3.8) is 0 Å². The quantitative estimate of drug-likeness (QED) is 0.154. The average molecular weight is 568 g/mol. The lowest BCUT2D eigenvalue weighted by Gasteiger charge is -2.13. The van der Waals surface area contributed by atoms with Gasteiger partial charge in [-0.2, -0.15) is 0 Å². The van der Waals surface area contributed by atoms with Crippen molar-refractivity contribution in [3.8, 4) is 0 Å². The molecule has 0 amide bonds.